The van der Waals surface area contributed by atoms with Crippen LogP contribution in [0.25, 0.3) is 0 Å². The van der Waals surface area contributed by atoms with Crippen molar-refractivity contribution in [3.05, 3.63) is 30.3 Å². The molecule has 2 aromatic rings. The van der Waals surface area contributed by atoms with E-state index in [4.69, 9.17) is 53.4 Å². The van der Waals surface area contributed by atoms with Crippen LogP contribution >= 0.6 is 78.7 Å². The highest BCUT2D eigenvalue weighted by Gasteiger charge is 2.45. The Morgan fingerprint density at radius 1 is 0.441 bits per heavy atom. The maximum Gasteiger partial charge on any atom is 0.264 e. The van der Waals surface area contributed by atoms with E-state index in [-0.39, 0.29) is 0 Å². The van der Waals surface area contributed by atoms with E-state index in [1.54, 1.807) is 0 Å². The summed E-state index contributed by atoms with van der Waals surface area (Å²) in [7, 11) is -2.04. The fraction of sp³-hybridized carbons (Fsp3) is 0. The van der Waals surface area contributed by atoms with Crippen LogP contribution < -0.4 is 0 Å². The third kappa shape index (κ3) is 8.17. The molecule has 0 aliphatic carbocycles. The summed E-state index contributed by atoms with van der Waals surface area (Å²) in [5.74, 6) is 0. The van der Waals surface area contributed by atoms with Gasteiger partial charge in [-0.3, -0.25) is 0 Å². The summed E-state index contributed by atoms with van der Waals surface area (Å²) in [6.07, 6.45) is 0. The molecule has 192 valence electrons. The van der Waals surface area contributed by atoms with E-state index in [2.05, 4.69) is 25.3 Å². The zero-order valence-electron chi connectivity index (χ0n) is 15.3. The predicted octanol–water partition coefficient (Wildman–Crippen LogP) is 3.59. The van der Waals surface area contributed by atoms with Crippen LogP contribution in [0.4, 0.5) is 0 Å². The minimum atomic E-state index is -5.55. The van der Waals surface area contributed by atoms with Gasteiger partial charge in [-0.05, 0) is 12.1 Å². The highest BCUT2D eigenvalue weighted by molar-refractivity contribution is 8.19. The van der Waals surface area contributed by atoms with Gasteiger partial charge >= 0.3 is 0 Å². The molecule has 0 aliphatic rings. The molecule has 0 saturated heterocycles. The third-order valence-corrected chi connectivity index (χ3v) is 11.6. The highest BCUT2D eigenvalue weighted by atomic mass is 35.7. The molecular weight excluding hydrogens is 706 g/mol. The minimum absolute atomic E-state index is 1.02. The number of hydrogen-bond donors (Lipinski definition) is 2. The van der Waals surface area contributed by atoms with E-state index in [1.165, 1.54) is 0 Å². The first-order valence-corrected chi connectivity index (χ1v) is 19.8. The van der Waals surface area contributed by atoms with E-state index in [1.807, 2.05) is 30.3 Å². The molecule has 0 fully saturated rings. The summed E-state index contributed by atoms with van der Waals surface area (Å²) in [6.45, 7) is 0. The first kappa shape index (κ1) is 32.4. The zero-order chi connectivity index (χ0) is 27.1. The molecular formula is C12H7Cl5O10S7. The summed E-state index contributed by atoms with van der Waals surface area (Å²) >= 11 is 7.52. The fourth-order valence-corrected chi connectivity index (χ4v) is 13.3. The Morgan fingerprint density at radius 2 is 0.676 bits per heavy atom. The zero-order valence-corrected chi connectivity index (χ0v) is 24.9. The lowest BCUT2D eigenvalue weighted by atomic mass is 10.3. The third-order valence-electron chi connectivity index (χ3n) is 3.23. The van der Waals surface area contributed by atoms with Crippen molar-refractivity contribution >= 4 is 124 Å². The maximum absolute atomic E-state index is 11.9. The number of benzene rings is 2. The highest BCUT2D eigenvalue weighted by Crippen LogP contribution is 2.47. The topological polar surface area (TPSA) is 171 Å². The lowest BCUT2D eigenvalue weighted by Gasteiger charge is -2.17. The molecule has 0 atom stereocenters. The van der Waals surface area contributed by atoms with Gasteiger partial charge in [0.1, 0.15) is 24.5 Å². The van der Waals surface area contributed by atoms with Gasteiger partial charge in [0.2, 0.25) is 0 Å². The maximum atomic E-state index is 11.9. The molecule has 0 N–H and O–H groups in total. The fourth-order valence-electron chi connectivity index (χ4n) is 2.17. The van der Waals surface area contributed by atoms with Gasteiger partial charge in [-0.2, -0.15) is 0 Å². The number of rotatable bonds is 5. The second-order valence-electron chi connectivity index (χ2n) is 5.52. The summed E-state index contributed by atoms with van der Waals surface area (Å²) in [5.41, 5.74) is 0. The molecule has 2 aromatic carbocycles. The Balaban J connectivity index is 0.000000700. The van der Waals surface area contributed by atoms with Gasteiger partial charge in [0, 0.05) is 63.2 Å². The molecule has 34 heavy (non-hydrogen) atoms. The van der Waals surface area contributed by atoms with Gasteiger partial charge in [-0.15, -0.1) is 25.3 Å². The number of halogens is 5. The van der Waals surface area contributed by atoms with E-state index < -0.39 is 74.6 Å². The molecule has 0 radical (unpaired) electrons. The van der Waals surface area contributed by atoms with Crippen molar-refractivity contribution < 1.29 is 42.1 Å². The van der Waals surface area contributed by atoms with Gasteiger partial charge in [-0.1, -0.05) is 18.2 Å². The Bertz CT molecular complexity index is 1580. The molecule has 0 unspecified atom stereocenters. The van der Waals surface area contributed by atoms with Gasteiger partial charge in [0.25, 0.3) is 45.3 Å². The van der Waals surface area contributed by atoms with Crippen molar-refractivity contribution in [2.24, 2.45) is 0 Å². The van der Waals surface area contributed by atoms with Crippen LogP contribution in [0.5, 0.6) is 0 Å². The summed E-state index contributed by atoms with van der Waals surface area (Å²) in [4.78, 5) is -10.1. The minimum Gasteiger partial charge on any atom is -0.207 e. The summed E-state index contributed by atoms with van der Waals surface area (Å²) in [5, 5.41) is 0. The van der Waals surface area contributed by atoms with Gasteiger partial charge in [0.05, 0.1) is 0 Å². The molecule has 2 rings (SSSR count). The van der Waals surface area contributed by atoms with Crippen LogP contribution in [-0.2, 0) is 45.3 Å². The van der Waals surface area contributed by atoms with E-state index in [9.17, 15) is 42.1 Å². The molecule has 22 heteroatoms. The Hall–Kier alpha value is 0.340. The van der Waals surface area contributed by atoms with Crippen LogP contribution in [0.1, 0.15) is 0 Å². The van der Waals surface area contributed by atoms with Crippen molar-refractivity contribution in [1.82, 2.24) is 0 Å². The summed E-state index contributed by atoms with van der Waals surface area (Å²) < 4.78 is 118. The Labute approximate surface area is 228 Å². The first-order valence-electron chi connectivity index (χ1n) is 7.32. The van der Waals surface area contributed by atoms with Crippen molar-refractivity contribution in [3.8, 4) is 0 Å². The second-order valence-corrected chi connectivity index (χ2v) is 19.0. The SMILES string of the molecule is O=S(=O)(Cl)c1c(S)c(S(=O)(=O)Cl)c(S(=O)(=O)Cl)c(S(=O)(=O)Cl)c1S(=O)(=O)Cl.Sc1ccccc1. The van der Waals surface area contributed by atoms with Crippen LogP contribution in [0, 0.1) is 0 Å². The monoisotopic (exact) mass is 710 g/mol. The molecule has 0 aliphatic heterocycles. The normalized spacial score (nSPS) is 13.1. The standard InChI is InChI=1S/C6HCl5O10S6.C6H6S/c7-23(12,13)2-1(22)3(24(8,14)15)5(26(10,18)19)6(27(11,20)21)4(2)25(9,16)17;7-6-4-2-1-3-5-6/h22H;1-5,7H. The van der Waals surface area contributed by atoms with E-state index in [0.717, 1.165) is 4.90 Å². The molecule has 0 aromatic heterocycles. The molecule has 0 spiro atoms. The van der Waals surface area contributed by atoms with Crippen molar-refractivity contribution in [2.45, 2.75) is 34.3 Å². The van der Waals surface area contributed by atoms with Crippen LogP contribution in [0.2, 0.25) is 0 Å². The smallest absolute Gasteiger partial charge is 0.207 e. The number of hydrogen-bond acceptors (Lipinski definition) is 12. The molecule has 0 amide bonds. The molecule has 0 bridgehead atoms. The van der Waals surface area contributed by atoms with E-state index >= 15 is 0 Å². The van der Waals surface area contributed by atoms with Crippen LogP contribution in [0.3, 0.4) is 0 Å². The average Bonchev–Trinajstić information content (AvgIpc) is 2.56. The van der Waals surface area contributed by atoms with E-state index in [0.29, 0.717) is 0 Å². The first-order chi connectivity index (χ1) is 14.9. The van der Waals surface area contributed by atoms with Gasteiger partial charge in [-0.25, -0.2) is 42.1 Å². The molecule has 10 nitrogen and oxygen atoms in total. The van der Waals surface area contributed by atoms with Gasteiger partial charge < -0.3 is 0 Å². The average molecular weight is 713 g/mol. The predicted molar refractivity (Wildman–Crippen MR) is 133 cm³/mol. The summed E-state index contributed by atoms with van der Waals surface area (Å²) in [6, 6.07) is 9.79. The van der Waals surface area contributed by atoms with Crippen molar-refractivity contribution in [2.75, 3.05) is 0 Å². The molecule has 0 heterocycles. The number of thiol groups is 2. The van der Waals surface area contributed by atoms with Crippen LogP contribution in [0.15, 0.2) is 64.6 Å². The Kier molecular flexibility index (Phi) is 10.5. The van der Waals surface area contributed by atoms with Crippen molar-refractivity contribution in [1.29, 1.82) is 0 Å². The van der Waals surface area contributed by atoms with Gasteiger partial charge in [0.15, 0.2) is 0 Å². The largest absolute Gasteiger partial charge is 0.264 e. The lowest BCUT2D eigenvalue weighted by Crippen LogP contribution is -2.17. The molecule has 0 saturated carbocycles. The van der Waals surface area contributed by atoms with Crippen LogP contribution in [-0.4, -0.2) is 42.1 Å². The van der Waals surface area contributed by atoms with Crippen molar-refractivity contribution in [3.63, 3.8) is 0 Å². The lowest BCUT2D eigenvalue weighted by molar-refractivity contribution is 0.565. The second kappa shape index (κ2) is 11.0. The Morgan fingerprint density at radius 3 is 0.853 bits per heavy atom. The quantitative estimate of drug-likeness (QED) is 0.345.